The lowest BCUT2D eigenvalue weighted by molar-refractivity contribution is 0.638. The molecule has 1 aliphatic rings. The van der Waals surface area contributed by atoms with Gasteiger partial charge in [-0.3, -0.25) is 4.21 Å². The lowest BCUT2D eigenvalue weighted by Crippen LogP contribution is -2.22. The van der Waals surface area contributed by atoms with Gasteiger partial charge in [-0.15, -0.1) is 0 Å². The van der Waals surface area contributed by atoms with Crippen molar-refractivity contribution in [3.8, 4) is 0 Å². The van der Waals surface area contributed by atoms with Gasteiger partial charge in [-0.1, -0.05) is 12.8 Å². The van der Waals surface area contributed by atoms with Gasteiger partial charge in [0.25, 0.3) is 0 Å². The van der Waals surface area contributed by atoms with Gasteiger partial charge < -0.3 is 9.88 Å². The molecule has 0 spiro atoms. The molecule has 1 aromatic heterocycles. The van der Waals surface area contributed by atoms with Crippen LogP contribution in [0.25, 0.3) is 0 Å². The summed E-state index contributed by atoms with van der Waals surface area (Å²) in [5, 5.41) is 3.65. The quantitative estimate of drug-likeness (QED) is 0.875. The molecule has 1 N–H and O–H groups in total. The van der Waals surface area contributed by atoms with Crippen molar-refractivity contribution in [3.05, 3.63) is 12.4 Å². The summed E-state index contributed by atoms with van der Waals surface area (Å²) in [6.07, 6.45) is 10.6. The fraction of sp³-hybridized carbons (Fsp3) is 0.750. The van der Waals surface area contributed by atoms with Crippen molar-refractivity contribution in [1.29, 1.82) is 0 Å². The third kappa shape index (κ3) is 3.31. The Kier molecular flexibility index (Phi) is 4.20. The Morgan fingerprint density at radius 1 is 1.59 bits per heavy atom. The first-order valence-corrected chi connectivity index (χ1v) is 7.89. The molecule has 2 atom stereocenters. The van der Waals surface area contributed by atoms with Gasteiger partial charge in [0.1, 0.15) is 0 Å². The number of nitrogens with zero attached hydrogens (tertiary/aromatic N) is 2. The highest BCUT2D eigenvalue weighted by Gasteiger charge is 2.17. The van der Waals surface area contributed by atoms with Crippen LogP contribution in [0.5, 0.6) is 0 Å². The second-order valence-corrected chi connectivity index (χ2v) is 6.64. The third-order valence-electron chi connectivity index (χ3n) is 3.42. The molecular formula is C12H21N3OS. The average Bonchev–Trinajstić information content (AvgIpc) is 2.91. The summed E-state index contributed by atoms with van der Waals surface area (Å²) in [6, 6.07) is 0.568. The smallest absolute Gasteiger partial charge is 0.203 e. The highest BCUT2D eigenvalue weighted by atomic mass is 32.2. The Hall–Kier alpha value is -0.840. The number of hydrogen-bond donors (Lipinski definition) is 1. The number of aromatic nitrogens is 2. The summed E-state index contributed by atoms with van der Waals surface area (Å²) >= 11 is 0. The van der Waals surface area contributed by atoms with Crippen LogP contribution in [0.1, 0.15) is 32.6 Å². The van der Waals surface area contributed by atoms with Crippen molar-refractivity contribution in [2.75, 3.05) is 11.6 Å². The van der Waals surface area contributed by atoms with Crippen molar-refractivity contribution in [3.63, 3.8) is 0 Å². The highest BCUT2D eigenvalue weighted by Crippen LogP contribution is 2.21. The summed E-state index contributed by atoms with van der Waals surface area (Å²) in [5.74, 6) is 0.925. The number of rotatable bonds is 5. The molecule has 17 heavy (non-hydrogen) atoms. The van der Waals surface area contributed by atoms with Crippen molar-refractivity contribution in [2.45, 2.75) is 50.4 Å². The van der Waals surface area contributed by atoms with Gasteiger partial charge in [0, 0.05) is 47.3 Å². The standard InChI is InChI=1S/C12H21N3OS/c1-10(17(2)16)9-15-8-7-13-12(15)14-11-5-3-4-6-11/h7-8,10-11H,3-6,9H2,1-2H3,(H,13,14). The van der Waals surface area contributed by atoms with Gasteiger partial charge in [0.15, 0.2) is 0 Å². The zero-order chi connectivity index (χ0) is 12.3. The summed E-state index contributed by atoms with van der Waals surface area (Å²) in [4.78, 5) is 4.34. The van der Waals surface area contributed by atoms with Gasteiger partial charge in [-0.25, -0.2) is 4.98 Å². The van der Waals surface area contributed by atoms with Gasteiger partial charge in [-0.05, 0) is 19.8 Å². The van der Waals surface area contributed by atoms with Crippen LogP contribution in [0, 0.1) is 0 Å². The van der Waals surface area contributed by atoms with Crippen molar-refractivity contribution >= 4 is 16.7 Å². The third-order valence-corrected chi connectivity index (χ3v) is 4.71. The molecule has 1 aromatic rings. The number of anilines is 1. The molecule has 1 aliphatic carbocycles. The lowest BCUT2D eigenvalue weighted by atomic mass is 10.2. The Labute approximate surface area is 105 Å². The molecular weight excluding hydrogens is 234 g/mol. The van der Waals surface area contributed by atoms with Gasteiger partial charge in [0.05, 0.1) is 0 Å². The van der Waals surface area contributed by atoms with Crippen molar-refractivity contribution < 1.29 is 4.21 Å². The summed E-state index contributed by atoms with van der Waals surface area (Å²) in [6.45, 7) is 2.77. The maximum Gasteiger partial charge on any atom is 0.203 e. The van der Waals surface area contributed by atoms with E-state index >= 15 is 0 Å². The van der Waals surface area contributed by atoms with Crippen molar-refractivity contribution in [1.82, 2.24) is 9.55 Å². The van der Waals surface area contributed by atoms with Gasteiger partial charge >= 0.3 is 0 Å². The fourth-order valence-corrected chi connectivity index (χ4v) is 2.60. The topological polar surface area (TPSA) is 46.9 Å². The zero-order valence-corrected chi connectivity index (χ0v) is 11.4. The molecule has 0 aromatic carbocycles. The maximum atomic E-state index is 11.4. The summed E-state index contributed by atoms with van der Waals surface area (Å²) < 4.78 is 13.5. The summed E-state index contributed by atoms with van der Waals surface area (Å²) in [7, 11) is -0.784. The van der Waals surface area contributed by atoms with E-state index in [0.717, 1.165) is 12.5 Å². The molecule has 0 saturated heterocycles. The monoisotopic (exact) mass is 255 g/mol. The second kappa shape index (κ2) is 5.67. The first-order chi connectivity index (χ1) is 8.16. The molecule has 1 heterocycles. The molecule has 96 valence electrons. The predicted octanol–water partition coefficient (Wildman–Crippen LogP) is 2.00. The SMILES string of the molecule is CC(Cn1ccnc1NC1CCCC1)S(C)=O. The Morgan fingerprint density at radius 2 is 2.29 bits per heavy atom. The zero-order valence-electron chi connectivity index (χ0n) is 10.6. The largest absolute Gasteiger partial charge is 0.353 e. The first-order valence-electron chi connectivity index (χ1n) is 6.26. The number of nitrogens with one attached hydrogen (secondary N) is 1. The second-order valence-electron chi connectivity index (χ2n) is 4.84. The van der Waals surface area contributed by atoms with Gasteiger partial charge in [0.2, 0.25) is 5.95 Å². The van der Waals surface area contributed by atoms with Crippen LogP contribution < -0.4 is 5.32 Å². The van der Waals surface area contributed by atoms with E-state index in [2.05, 4.69) is 14.9 Å². The van der Waals surface area contributed by atoms with Crippen LogP contribution in [0.15, 0.2) is 12.4 Å². The van der Waals surface area contributed by atoms with E-state index in [1.165, 1.54) is 25.7 Å². The minimum atomic E-state index is -0.784. The molecule has 2 unspecified atom stereocenters. The van der Waals surface area contributed by atoms with E-state index in [1.54, 1.807) is 6.26 Å². The number of hydrogen-bond acceptors (Lipinski definition) is 3. The van der Waals surface area contributed by atoms with Crippen LogP contribution in [-0.2, 0) is 17.3 Å². The van der Waals surface area contributed by atoms with E-state index in [4.69, 9.17) is 0 Å². The first kappa shape index (κ1) is 12.6. The lowest BCUT2D eigenvalue weighted by Gasteiger charge is -2.16. The van der Waals surface area contributed by atoms with Crippen LogP contribution in [0.4, 0.5) is 5.95 Å². The van der Waals surface area contributed by atoms with Crippen LogP contribution >= 0.6 is 0 Å². The molecule has 0 amide bonds. The number of imidazole rings is 1. The van der Waals surface area contributed by atoms with Crippen LogP contribution in [0.2, 0.25) is 0 Å². The van der Waals surface area contributed by atoms with Crippen molar-refractivity contribution in [2.24, 2.45) is 0 Å². The normalized spacial score (nSPS) is 20.4. The fourth-order valence-electron chi connectivity index (χ4n) is 2.23. The minimum Gasteiger partial charge on any atom is -0.353 e. The van der Waals surface area contributed by atoms with E-state index < -0.39 is 10.8 Å². The molecule has 2 rings (SSSR count). The Balaban J connectivity index is 1.98. The van der Waals surface area contributed by atoms with E-state index in [0.29, 0.717) is 6.04 Å². The van der Waals surface area contributed by atoms with E-state index in [1.807, 2.05) is 19.3 Å². The minimum absolute atomic E-state index is 0.160. The van der Waals surface area contributed by atoms with Crippen LogP contribution in [-0.4, -0.2) is 31.3 Å². The Bertz CT molecular complexity index is 385. The average molecular weight is 255 g/mol. The van der Waals surface area contributed by atoms with Crippen LogP contribution in [0.3, 0.4) is 0 Å². The maximum absolute atomic E-state index is 11.4. The molecule has 0 aliphatic heterocycles. The van der Waals surface area contributed by atoms with E-state index in [-0.39, 0.29) is 5.25 Å². The molecule has 4 nitrogen and oxygen atoms in total. The molecule has 0 radical (unpaired) electrons. The predicted molar refractivity (Wildman–Crippen MR) is 71.6 cm³/mol. The molecule has 5 heteroatoms. The molecule has 1 fully saturated rings. The van der Waals surface area contributed by atoms with Gasteiger partial charge in [-0.2, -0.15) is 0 Å². The van der Waals surface area contributed by atoms with E-state index in [9.17, 15) is 4.21 Å². The summed E-state index contributed by atoms with van der Waals surface area (Å²) in [5.41, 5.74) is 0. The molecule has 1 saturated carbocycles. The Morgan fingerprint density at radius 3 is 2.94 bits per heavy atom. The highest BCUT2D eigenvalue weighted by molar-refractivity contribution is 7.84. The molecule has 0 bridgehead atoms.